The van der Waals surface area contributed by atoms with Gasteiger partial charge in [0.1, 0.15) is 5.82 Å². The third kappa shape index (κ3) is 5.16. The fraction of sp³-hybridized carbons (Fsp3) is 0.304. The van der Waals surface area contributed by atoms with Crippen molar-refractivity contribution in [2.45, 2.75) is 6.42 Å². The zero-order valence-corrected chi connectivity index (χ0v) is 17.1. The summed E-state index contributed by atoms with van der Waals surface area (Å²) in [5.41, 5.74) is 1.42. The molecule has 8 nitrogen and oxygen atoms in total. The van der Waals surface area contributed by atoms with Crippen LogP contribution in [-0.2, 0) is 9.59 Å². The number of aromatic nitrogens is 2. The predicted octanol–water partition coefficient (Wildman–Crippen LogP) is 2.48. The van der Waals surface area contributed by atoms with Crippen molar-refractivity contribution in [3.63, 3.8) is 0 Å². The molecule has 1 fully saturated rings. The maximum absolute atomic E-state index is 12.6. The fourth-order valence-corrected chi connectivity index (χ4v) is 3.88. The van der Waals surface area contributed by atoms with Crippen molar-refractivity contribution >= 4 is 34.3 Å². The highest BCUT2D eigenvalue weighted by Crippen LogP contribution is 2.22. The Balaban J connectivity index is 1.34. The molecule has 0 bridgehead atoms. The molecule has 3 aromatic rings. The van der Waals surface area contributed by atoms with Gasteiger partial charge < -0.3 is 15.3 Å². The van der Waals surface area contributed by atoms with Crippen molar-refractivity contribution in [3.8, 4) is 0 Å². The summed E-state index contributed by atoms with van der Waals surface area (Å²) < 4.78 is 0. The Morgan fingerprint density at radius 3 is 2.52 bits per heavy atom. The summed E-state index contributed by atoms with van der Waals surface area (Å²) in [5, 5.41) is 13.4. The van der Waals surface area contributed by atoms with E-state index in [0.717, 1.165) is 42.9 Å². The van der Waals surface area contributed by atoms with E-state index < -0.39 is 11.9 Å². The minimum Gasteiger partial charge on any atom is -0.481 e. The number of nitrogens with zero attached hydrogens (tertiary/aromatic N) is 4. The highest BCUT2D eigenvalue weighted by Gasteiger charge is 2.27. The molecule has 1 atom stereocenters. The average Bonchev–Trinajstić information content (AvgIpc) is 2.80. The second-order valence-electron chi connectivity index (χ2n) is 7.64. The number of anilines is 2. The Kier molecular flexibility index (Phi) is 6.37. The number of nitrogens with one attached hydrogen (secondary N) is 1. The molecule has 31 heavy (non-hydrogen) atoms. The van der Waals surface area contributed by atoms with Gasteiger partial charge >= 0.3 is 5.97 Å². The van der Waals surface area contributed by atoms with E-state index in [2.05, 4.69) is 25.1 Å². The molecule has 3 heterocycles. The first-order chi connectivity index (χ1) is 15.1. The topological polar surface area (TPSA) is 98.7 Å². The molecule has 2 aromatic heterocycles. The summed E-state index contributed by atoms with van der Waals surface area (Å²) in [6, 6.07) is 15.0. The van der Waals surface area contributed by atoms with Gasteiger partial charge in [-0.15, -0.1) is 0 Å². The molecule has 1 aromatic carbocycles. The summed E-state index contributed by atoms with van der Waals surface area (Å²) in [5.74, 6) is -1.10. The van der Waals surface area contributed by atoms with Crippen LogP contribution in [0, 0.1) is 5.92 Å². The van der Waals surface area contributed by atoms with Crippen LogP contribution in [0.25, 0.3) is 10.9 Å². The lowest BCUT2D eigenvalue weighted by Crippen LogP contribution is -2.49. The monoisotopic (exact) mass is 419 g/mol. The summed E-state index contributed by atoms with van der Waals surface area (Å²) in [7, 11) is 0. The van der Waals surface area contributed by atoms with E-state index in [1.165, 1.54) is 0 Å². The number of amides is 1. The van der Waals surface area contributed by atoms with Gasteiger partial charge in [-0.05, 0) is 36.4 Å². The lowest BCUT2D eigenvalue weighted by molar-refractivity contribution is -0.144. The highest BCUT2D eigenvalue weighted by molar-refractivity contribution is 6.01. The molecule has 1 aliphatic rings. The number of carboxylic acid groups (broad SMARTS) is 1. The van der Waals surface area contributed by atoms with Crippen molar-refractivity contribution in [1.29, 1.82) is 0 Å². The third-order valence-electron chi connectivity index (χ3n) is 5.52. The SMILES string of the molecule is O=C(C[C@@H](CN1CCN(c2ccccn2)CC1)C(=O)O)Nc1cccc2ncccc12. The Morgan fingerprint density at radius 2 is 1.77 bits per heavy atom. The molecule has 1 aliphatic heterocycles. The molecule has 1 amide bonds. The van der Waals surface area contributed by atoms with Crippen LogP contribution in [-0.4, -0.2) is 64.6 Å². The number of carboxylic acids is 1. The Labute approximate surface area is 180 Å². The number of pyridine rings is 2. The van der Waals surface area contributed by atoms with Gasteiger partial charge in [0.15, 0.2) is 0 Å². The van der Waals surface area contributed by atoms with E-state index in [0.29, 0.717) is 12.2 Å². The quantitative estimate of drug-likeness (QED) is 0.607. The van der Waals surface area contributed by atoms with Crippen LogP contribution in [0.1, 0.15) is 6.42 Å². The largest absolute Gasteiger partial charge is 0.481 e. The number of fused-ring (bicyclic) bond motifs is 1. The number of rotatable bonds is 7. The van der Waals surface area contributed by atoms with Gasteiger partial charge in [0, 0.05) is 56.9 Å². The number of carbonyl (C=O) groups is 2. The van der Waals surface area contributed by atoms with Crippen molar-refractivity contribution in [3.05, 3.63) is 60.9 Å². The third-order valence-corrected chi connectivity index (χ3v) is 5.52. The number of piperazine rings is 1. The molecule has 0 saturated carbocycles. The van der Waals surface area contributed by atoms with Crippen LogP contribution in [0.3, 0.4) is 0 Å². The molecule has 0 aliphatic carbocycles. The van der Waals surface area contributed by atoms with E-state index in [9.17, 15) is 14.7 Å². The van der Waals surface area contributed by atoms with E-state index in [4.69, 9.17) is 0 Å². The first-order valence-electron chi connectivity index (χ1n) is 10.3. The van der Waals surface area contributed by atoms with Gasteiger partial charge in [0.25, 0.3) is 0 Å². The highest BCUT2D eigenvalue weighted by atomic mass is 16.4. The predicted molar refractivity (Wildman–Crippen MR) is 119 cm³/mol. The lowest BCUT2D eigenvalue weighted by Gasteiger charge is -2.36. The number of hydrogen-bond acceptors (Lipinski definition) is 6. The molecule has 0 unspecified atom stereocenters. The van der Waals surface area contributed by atoms with Gasteiger partial charge in [-0.1, -0.05) is 12.1 Å². The van der Waals surface area contributed by atoms with E-state index in [-0.39, 0.29) is 12.3 Å². The van der Waals surface area contributed by atoms with Crippen molar-refractivity contribution in [2.24, 2.45) is 5.92 Å². The molecule has 1 saturated heterocycles. The molecule has 0 spiro atoms. The molecule has 4 rings (SSSR count). The summed E-state index contributed by atoms with van der Waals surface area (Å²) in [6.45, 7) is 3.36. The van der Waals surface area contributed by atoms with Gasteiger partial charge in [-0.25, -0.2) is 4.98 Å². The number of aliphatic carboxylic acids is 1. The van der Waals surface area contributed by atoms with Crippen LogP contribution >= 0.6 is 0 Å². The standard InChI is InChI=1S/C23H25N5O3/c29-22(26-20-7-3-6-19-18(20)5-4-10-24-19)15-17(23(30)31)16-27-11-13-28(14-12-27)21-8-1-2-9-25-21/h1-10,17H,11-16H2,(H,26,29)(H,30,31)/t17-/m0/s1. The van der Waals surface area contributed by atoms with Crippen molar-refractivity contribution in [2.75, 3.05) is 42.9 Å². The zero-order chi connectivity index (χ0) is 21.6. The minimum atomic E-state index is -0.957. The summed E-state index contributed by atoms with van der Waals surface area (Å²) >= 11 is 0. The smallest absolute Gasteiger partial charge is 0.308 e. The molecule has 2 N–H and O–H groups in total. The van der Waals surface area contributed by atoms with Crippen molar-refractivity contribution in [1.82, 2.24) is 14.9 Å². The Hall–Kier alpha value is -3.52. The normalized spacial score (nSPS) is 15.5. The second kappa shape index (κ2) is 9.53. The molecule has 8 heteroatoms. The molecule has 0 radical (unpaired) electrons. The average molecular weight is 419 g/mol. The molecular weight excluding hydrogens is 394 g/mol. The van der Waals surface area contributed by atoms with Crippen LogP contribution < -0.4 is 10.2 Å². The van der Waals surface area contributed by atoms with Crippen LogP contribution in [0.4, 0.5) is 11.5 Å². The molecule has 160 valence electrons. The second-order valence-corrected chi connectivity index (χ2v) is 7.64. The molecular formula is C23H25N5O3. The maximum atomic E-state index is 12.6. The van der Waals surface area contributed by atoms with Crippen LogP contribution in [0.2, 0.25) is 0 Å². The number of benzene rings is 1. The lowest BCUT2D eigenvalue weighted by atomic mass is 10.0. The summed E-state index contributed by atoms with van der Waals surface area (Å²) in [4.78, 5) is 37.4. The minimum absolute atomic E-state index is 0.0769. The zero-order valence-electron chi connectivity index (χ0n) is 17.1. The van der Waals surface area contributed by atoms with Gasteiger partial charge in [0.2, 0.25) is 5.91 Å². The van der Waals surface area contributed by atoms with E-state index in [1.807, 2.05) is 42.5 Å². The van der Waals surface area contributed by atoms with Crippen LogP contribution in [0.15, 0.2) is 60.9 Å². The first-order valence-corrected chi connectivity index (χ1v) is 10.3. The van der Waals surface area contributed by atoms with Gasteiger partial charge in [0.05, 0.1) is 17.1 Å². The number of hydrogen-bond donors (Lipinski definition) is 2. The summed E-state index contributed by atoms with van der Waals surface area (Å²) in [6.07, 6.45) is 3.39. The van der Waals surface area contributed by atoms with Gasteiger partial charge in [-0.3, -0.25) is 19.5 Å². The Bertz CT molecular complexity index is 1050. The van der Waals surface area contributed by atoms with E-state index in [1.54, 1.807) is 18.5 Å². The maximum Gasteiger partial charge on any atom is 0.308 e. The van der Waals surface area contributed by atoms with Crippen LogP contribution in [0.5, 0.6) is 0 Å². The number of carbonyl (C=O) groups excluding carboxylic acids is 1. The van der Waals surface area contributed by atoms with Crippen molar-refractivity contribution < 1.29 is 14.7 Å². The fourth-order valence-electron chi connectivity index (χ4n) is 3.88. The van der Waals surface area contributed by atoms with E-state index >= 15 is 0 Å². The Morgan fingerprint density at radius 1 is 0.968 bits per heavy atom. The van der Waals surface area contributed by atoms with Gasteiger partial charge in [-0.2, -0.15) is 0 Å². The first kappa shape index (κ1) is 20.7.